The Morgan fingerprint density at radius 1 is 0.822 bits per heavy atom. The lowest BCUT2D eigenvalue weighted by molar-refractivity contribution is 0.100. The van der Waals surface area contributed by atoms with Gasteiger partial charge in [0, 0.05) is 58.6 Å². The van der Waals surface area contributed by atoms with Gasteiger partial charge in [-0.25, -0.2) is 14.7 Å². The quantitative estimate of drug-likeness (QED) is 0.0812. The van der Waals surface area contributed by atoms with E-state index in [1.165, 1.54) is 36.5 Å². The molecule has 0 radical (unpaired) electrons. The molecule has 5 aromatic rings. The van der Waals surface area contributed by atoms with Crippen LogP contribution in [0, 0.1) is 0 Å². The zero-order valence-electron chi connectivity index (χ0n) is 23.8. The summed E-state index contributed by atoms with van der Waals surface area (Å²) in [7, 11) is 3.46. The Hall–Kier alpha value is -2.77. The van der Waals surface area contributed by atoms with E-state index in [9.17, 15) is 4.79 Å². The average Bonchev–Trinajstić information content (AvgIpc) is 3.38. The molecule has 2 aromatic carbocycles. The number of amides is 1. The zero-order chi connectivity index (χ0) is 33.1. The SMILES string of the molecule is CNN.CSC(=NC(=O)c1ccc(Cl)cc1)c1c(Cl)cncc1Cl.Cn1nc(-c2c(Cl)cncc2Cl)nc1-c1ccc(Cl)cc1. The van der Waals surface area contributed by atoms with E-state index in [2.05, 4.69) is 36.3 Å². The first-order valence-corrected chi connectivity index (χ1v) is 16.1. The van der Waals surface area contributed by atoms with E-state index >= 15 is 0 Å². The van der Waals surface area contributed by atoms with Crippen molar-refractivity contribution in [2.75, 3.05) is 13.3 Å². The van der Waals surface area contributed by atoms with E-state index in [0.29, 0.717) is 63.5 Å². The van der Waals surface area contributed by atoms with Gasteiger partial charge in [-0.1, -0.05) is 69.6 Å². The number of pyridine rings is 2. The van der Waals surface area contributed by atoms with Crippen molar-refractivity contribution in [1.82, 2.24) is 30.2 Å². The Morgan fingerprint density at radius 3 is 1.78 bits per heavy atom. The molecule has 0 atom stereocenters. The lowest BCUT2D eigenvalue weighted by Gasteiger charge is -2.07. The second-order valence-electron chi connectivity index (χ2n) is 8.57. The molecule has 0 fully saturated rings. The van der Waals surface area contributed by atoms with Crippen LogP contribution in [0.3, 0.4) is 0 Å². The van der Waals surface area contributed by atoms with Crippen molar-refractivity contribution in [3.63, 3.8) is 0 Å². The van der Waals surface area contributed by atoms with Crippen molar-refractivity contribution >= 4 is 92.3 Å². The minimum atomic E-state index is -0.389. The topological polar surface area (TPSA) is 124 Å². The first-order valence-electron chi connectivity index (χ1n) is 12.6. The average molecular weight is 745 g/mol. The smallest absolute Gasteiger partial charge is 0.272 e. The Labute approximate surface area is 294 Å². The highest BCUT2D eigenvalue weighted by atomic mass is 35.5. The van der Waals surface area contributed by atoms with Crippen LogP contribution in [0.25, 0.3) is 22.8 Å². The summed E-state index contributed by atoms with van der Waals surface area (Å²) in [5, 5.41) is 7.56. The summed E-state index contributed by atoms with van der Waals surface area (Å²) >= 11 is 37.4. The predicted molar refractivity (Wildman–Crippen MR) is 188 cm³/mol. The number of hydrogen-bond acceptors (Lipinski definition) is 8. The Bertz CT molecular complexity index is 1740. The summed E-state index contributed by atoms with van der Waals surface area (Å²) in [4.78, 5) is 28.6. The summed E-state index contributed by atoms with van der Waals surface area (Å²) in [5.41, 5.74) is 4.67. The van der Waals surface area contributed by atoms with Gasteiger partial charge in [-0.05, 0) is 61.8 Å². The number of carbonyl (C=O) groups excluding carboxylic acids is 1. The fourth-order valence-corrected chi connectivity index (χ4v) is 5.57. The molecule has 234 valence electrons. The number of benzene rings is 2. The van der Waals surface area contributed by atoms with Crippen LogP contribution in [-0.2, 0) is 7.05 Å². The fourth-order valence-electron chi connectivity index (χ4n) is 3.53. The Kier molecular flexibility index (Phi) is 14.5. The molecular formula is C29H24Cl6N8OS. The molecule has 3 heterocycles. The molecule has 1 amide bonds. The van der Waals surface area contributed by atoms with E-state index in [1.807, 2.05) is 19.2 Å². The largest absolute Gasteiger partial charge is 0.278 e. The number of carbonyl (C=O) groups is 1. The van der Waals surface area contributed by atoms with E-state index in [0.717, 1.165) is 5.56 Å². The van der Waals surface area contributed by atoms with Gasteiger partial charge in [0.15, 0.2) is 11.6 Å². The number of hydrazine groups is 1. The van der Waals surface area contributed by atoms with Crippen molar-refractivity contribution in [2.45, 2.75) is 0 Å². The molecule has 3 aromatic heterocycles. The maximum absolute atomic E-state index is 12.2. The van der Waals surface area contributed by atoms with Crippen molar-refractivity contribution in [3.8, 4) is 22.8 Å². The molecule has 9 nitrogen and oxygen atoms in total. The van der Waals surface area contributed by atoms with E-state index in [4.69, 9.17) is 69.6 Å². The van der Waals surface area contributed by atoms with Crippen LogP contribution >= 0.6 is 81.4 Å². The maximum atomic E-state index is 12.2. The molecule has 16 heteroatoms. The number of aliphatic imine (C=N–C) groups is 1. The van der Waals surface area contributed by atoms with Crippen LogP contribution in [-0.4, -0.2) is 49.0 Å². The number of nitrogens with one attached hydrogen (secondary N) is 1. The van der Waals surface area contributed by atoms with Crippen LogP contribution in [0.15, 0.2) is 78.3 Å². The minimum absolute atomic E-state index is 0.347. The molecule has 5 rings (SSSR count). The van der Waals surface area contributed by atoms with Crippen molar-refractivity contribution in [3.05, 3.63) is 115 Å². The first kappa shape index (κ1) is 36.7. The molecule has 0 bridgehead atoms. The molecule has 0 unspecified atom stereocenters. The molecule has 0 aliphatic carbocycles. The number of halogens is 6. The number of hydrogen-bond donors (Lipinski definition) is 2. The molecular weight excluding hydrogens is 721 g/mol. The van der Waals surface area contributed by atoms with Crippen molar-refractivity contribution in [1.29, 1.82) is 0 Å². The van der Waals surface area contributed by atoms with Gasteiger partial charge in [0.2, 0.25) is 0 Å². The van der Waals surface area contributed by atoms with Crippen LogP contribution in [0.2, 0.25) is 30.1 Å². The highest BCUT2D eigenvalue weighted by Crippen LogP contribution is 2.33. The number of aromatic nitrogens is 5. The summed E-state index contributed by atoms with van der Waals surface area (Å²) in [6, 6.07) is 13.9. The number of nitrogens with zero attached hydrogens (tertiary/aromatic N) is 6. The van der Waals surface area contributed by atoms with Crippen molar-refractivity contribution in [2.24, 2.45) is 17.9 Å². The number of thioether (sulfide) groups is 1. The first-order chi connectivity index (χ1) is 21.5. The molecule has 3 N–H and O–H groups in total. The third-order valence-electron chi connectivity index (χ3n) is 5.50. The van der Waals surface area contributed by atoms with Crippen LogP contribution < -0.4 is 11.3 Å². The normalized spacial score (nSPS) is 10.8. The molecule has 45 heavy (non-hydrogen) atoms. The van der Waals surface area contributed by atoms with Gasteiger partial charge in [0.25, 0.3) is 5.91 Å². The van der Waals surface area contributed by atoms with Crippen molar-refractivity contribution < 1.29 is 4.79 Å². The van der Waals surface area contributed by atoms with Crippen LogP contribution in [0.4, 0.5) is 0 Å². The summed E-state index contributed by atoms with van der Waals surface area (Å²) < 4.78 is 1.67. The monoisotopic (exact) mass is 742 g/mol. The van der Waals surface area contributed by atoms with Gasteiger partial charge < -0.3 is 0 Å². The standard InChI is InChI=1S/C14H9Cl3N4.C14H9Cl3N2OS.CH6N2/c1-21-14(8-2-4-9(15)5-3-8)19-13(20-21)12-10(16)6-18-7-11(12)17;1-21-14(12-10(16)6-18-7-11(12)17)19-13(20)8-2-4-9(15)5-3-8;1-3-2/h2*2-7H,1H3;3H,2H2,1H3. The molecule has 0 aliphatic rings. The summed E-state index contributed by atoms with van der Waals surface area (Å²) in [5.74, 6) is 5.37. The molecule has 0 saturated carbocycles. The highest BCUT2D eigenvalue weighted by Gasteiger charge is 2.17. The lowest BCUT2D eigenvalue weighted by Crippen LogP contribution is -2.13. The fraction of sp³-hybridized carbons (Fsp3) is 0.103. The number of rotatable bonds is 4. The number of aryl methyl sites for hydroxylation is 1. The van der Waals surface area contributed by atoms with E-state index < -0.39 is 0 Å². The zero-order valence-corrected chi connectivity index (χ0v) is 29.1. The second-order valence-corrected chi connectivity index (χ2v) is 11.9. The maximum Gasteiger partial charge on any atom is 0.278 e. The number of nitrogens with two attached hydrogens (primary N) is 1. The van der Waals surface area contributed by atoms with Gasteiger partial charge in [-0.15, -0.1) is 11.8 Å². The molecule has 0 saturated heterocycles. The van der Waals surface area contributed by atoms with Gasteiger partial charge in [0.1, 0.15) is 5.04 Å². The van der Waals surface area contributed by atoms with Crippen LogP contribution in [0.1, 0.15) is 15.9 Å². The molecule has 0 spiro atoms. The Morgan fingerprint density at radius 2 is 1.29 bits per heavy atom. The Balaban J connectivity index is 0.000000226. The van der Waals surface area contributed by atoms with E-state index in [-0.39, 0.29) is 5.91 Å². The summed E-state index contributed by atoms with van der Waals surface area (Å²) in [6.45, 7) is 0. The van der Waals surface area contributed by atoms with Gasteiger partial charge in [-0.3, -0.25) is 26.0 Å². The van der Waals surface area contributed by atoms with Gasteiger partial charge >= 0.3 is 0 Å². The highest BCUT2D eigenvalue weighted by molar-refractivity contribution is 8.13. The molecule has 0 aliphatic heterocycles. The van der Waals surface area contributed by atoms with Gasteiger partial charge in [-0.2, -0.15) is 5.10 Å². The van der Waals surface area contributed by atoms with Crippen LogP contribution in [0.5, 0.6) is 0 Å². The second kappa shape index (κ2) is 17.8. The lowest BCUT2D eigenvalue weighted by atomic mass is 10.2. The van der Waals surface area contributed by atoms with Gasteiger partial charge in [0.05, 0.1) is 25.7 Å². The third-order valence-corrected chi connectivity index (χ3v) is 7.83. The minimum Gasteiger partial charge on any atom is -0.272 e. The van der Waals surface area contributed by atoms with E-state index in [1.54, 1.807) is 54.4 Å². The third kappa shape index (κ3) is 10.1. The summed E-state index contributed by atoms with van der Waals surface area (Å²) in [6.07, 6.45) is 7.74. The predicted octanol–water partition coefficient (Wildman–Crippen LogP) is 8.58.